The molecule has 0 aliphatic carbocycles. The quantitative estimate of drug-likeness (QED) is 0.840. The zero-order chi connectivity index (χ0) is 15.5. The van der Waals surface area contributed by atoms with E-state index in [-0.39, 0.29) is 10.8 Å². The van der Waals surface area contributed by atoms with Crippen LogP contribution in [0.1, 0.15) is 28.8 Å². The summed E-state index contributed by atoms with van der Waals surface area (Å²) in [5, 5.41) is 7.91. The second-order valence-corrected chi connectivity index (χ2v) is 6.86. The van der Waals surface area contributed by atoms with Crippen molar-refractivity contribution in [2.24, 2.45) is 11.1 Å². The van der Waals surface area contributed by atoms with Crippen LogP contribution in [0, 0.1) is 12.8 Å². The molecule has 2 rings (SSSR count). The highest BCUT2D eigenvalue weighted by Crippen LogP contribution is 2.16. The number of carbonyl (C=O) groups is 1. The number of rotatable bonds is 5. The number of primary sulfonamides is 1. The van der Waals surface area contributed by atoms with Crippen LogP contribution in [0.3, 0.4) is 0 Å². The van der Waals surface area contributed by atoms with Gasteiger partial charge in [0.2, 0.25) is 10.0 Å². The van der Waals surface area contributed by atoms with Gasteiger partial charge in [-0.25, -0.2) is 13.6 Å². The smallest absolute Gasteiger partial charge is 0.251 e. The fourth-order valence-corrected chi connectivity index (χ4v) is 2.96. The van der Waals surface area contributed by atoms with Gasteiger partial charge in [0.15, 0.2) is 0 Å². The minimum atomic E-state index is -3.74. The van der Waals surface area contributed by atoms with Gasteiger partial charge < -0.3 is 10.1 Å². The molecule has 1 atom stereocenters. The molecule has 0 spiro atoms. The fourth-order valence-electron chi connectivity index (χ4n) is 2.36. The Balaban J connectivity index is 1.95. The van der Waals surface area contributed by atoms with E-state index in [1.807, 2.05) is 0 Å². The zero-order valence-corrected chi connectivity index (χ0v) is 12.8. The maximum absolute atomic E-state index is 12.1. The predicted octanol–water partition coefficient (Wildman–Crippen LogP) is 0.799. The SMILES string of the molecule is Cc1cc(S(N)(=O)=O)ccc1C(=O)NCCC1CCOC1. The third-order valence-corrected chi connectivity index (χ3v) is 4.54. The van der Waals surface area contributed by atoms with Crippen molar-refractivity contribution >= 4 is 15.9 Å². The average Bonchev–Trinajstić information content (AvgIpc) is 2.90. The molecule has 1 unspecified atom stereocenters. The van der Waals surface area contributed by atoms with Crippen LogP contribution in [0.25, 0.3) is 0 Å². The van der Waals surface area contributed by atoms with Gasteiger partial charge >= 0.3 is 0 Å². The molecule has 0 saturated carbocycles. The molecule has 1 saturated heterocycles. The summed E-state index contributed by atoms with van der Waals surface area (Å²) >= 11 is 0. The monoisotopic (exact) mass is 312 g/mol. The Hall–Kier alpha value is -1.44. The first-order chi connectivity index (χ1) is 9.88. The standard InChI is InChI=1S/C14H20N2O4S/c1-10-8-12(21(15,18)19)2-3-13(10)14(17)16-6-4-11-5-7-20-9-11/h2-3,8,11H,4-7,9H2,1H3,(H,16,17)(H2,15,18,19). The van der Waals surface area contributed by atoms with Crippen molar-refractivity contribution in [3.05, 3.63) is 29.3 Å². The van der Waals surface area contributed by atoms with Gasteiger partial charge in [-0.2, -0.15) is 0 Å². The summed E-state index contributed by atoms with van der Waals surface area (Å²) in [6.45, 7) is 3.84. The molecule has 0 aromatic heterocycles. The Bertz CT molecular complexity index is 622. The molecule has 21 heavy (non-hydrogen) atoms. The molecular formula is C14H20N2O4S. The Kier molecular flexibility index (Phi) is 4.97. The molecule has 1 aromatic rings. The molecule has 0 bridgehead atoms. The molecule has 6 nitrogen and oxygen atoms in total. The highest BCUT2D eigenvalue weighted by atomic mass is 32.2. The highest BCUT2D eigenvalue weighted by molar-refractivity contribution is 7.89. The lowest BCUT2D eigenvalue weighted by atomic mass is 10.0. The van der Waals surface area contributed by atoms with E-state index in [9.17, 15) is 13.2 Å². The molecular weight excluding hydrogens is 292 g/mol. The van der Waals surface area contributed by atoms with E-state index < -0.39 is 10.0 Å². The Labute approximate surface area is 124 Å². The number of amides is 1. The lowest BCUT2D eigenvalue weighted by molar-refractivity contribution is 0.0949. The van der Waals surface area contributed by atoms with Crippen molar-refractivity contribution in [1.29, 1.82) is 0 Å². The van der Waals surface area contributed by atoms with Crippen molar-refractivity contribution in [3.63, 3.8) is 0 Å². The minimum absolute atomic E-state index is 0.0136. The van der Waals surface area contributed by atoms with E-state index in [2.05, 4.69) is 5.32 Å². The topological polar surface area (TPSA) is 98.5 Å². The van der Waals surface area contributed by atoms with Gasteiger partial charge in [0.1, 0.15) is 0 Å². The molecule has 1 amide bonds. The van der Waals surface area contributed by atoms with Gasteiger partial charge in [-0.05, 0) is 49.4 Å². The van der Waals surface area contributed by atoms with E-state index >= 15 is 0 Å². The lowest BCUT2D eigenvalue weighted by Gasteiger charge is -2.11. The van der Waals surface area contributed by atoms with Crippen LogP contribution < -0.4 is 10.5 Å². The minimum Gasteiger partial charge on any atom is -0.381 e. The van der Waals surface area contributed by atoms with Gasteiger partial charge in [-0.3, -0.25) is 4.79 Å². The number of hydrogen-bond acceptors (Lipinski definition) is 4. The van der Waals surface area contributed by atoms with E-state index in [4.69, 9.17) is 9.88 Å². The molecule has 1 aliphatic rings. The number of nitrogens with one attached hydrogen (secondary N) is 1. The maximum atomic E-state index is 12.1. The van der Waals surface area contributed by atoms with Crippen LogP contribution in [0.5, 0.6) is 0 Å². The maximum Gasteiger partial charge on any atom is 0.251 e. The Morgan fingerprint density at radius 1 is 1.48 bits per heavy atom. The van der Waals surface area contributed by atoms with Crippen LogP contribution >= 0.6 is 0 Å². The van der Waals surface area contributed by atoms with Crippen LogP contribution in [0.15, 0.2) is 23.1 Å². The van der Waals surface area contributed by atoms with E-state index in [1.165, 1.54) is 18.2 Å². The molecule has 1 aliphatic heterocycles. The number of hydrogen-bond donors (Lipinski definition) is 2. The largest absolute Gasteiger partial charge is 0.381 e. The van der Waals surface area contributed by atoms with Gasteiger partial charge in [0, 0.05) is 25.3 Å². The number of nitrogens with two attached hydrogens (primary N) is 1. The highest BCUT2D eigenvalue weighted by Gasteiger charge is 2.17. The molecule has 116 valence electrons. The van der Waals surface area contributed by atoms with E-state index in [0.29, 0.717) is 23.6 Å². The third-order valence-electron chi connectivity index (χ3n) is 3.63. The summed E-state index contributed by atoms with van der Waals surface area (Å²) in [4.78, 5) is 12.1. The Morgan fingerprint density at radius 2 is 2.24 bits per heavy atom. The molecule has 0 radical (unpaired) electrons. The number of benzene rings is 1. The lowest BCUT2D eigenvalue weighted by Crippen LogP contribution is -2.27. The van der Waals surface area contributed by atoms with Crippen molar-refractivity contribution in [2.45, 2.75) is 24.7 Å². The molecule has 1 heterocycles. The zero-order valence-electron chi connectivity index (χ0n) is 12.0. The van der Waals surface area contributed by atoms with E-state index in [1.54, 1.807) is 6.92 Å². The van der Waals surface area contributed by atoms with Crippen molar-refractivity contribution in [2.75, 3.05) is 19.8 Å². The van der Waals surface area contributed by atoms with E-state index in [0.717, 1.165) is 26.1 Å². The summed E-state index contributed by atoms with van der Waals surface area (Å²) in [6.07, 6.45) is 1.93. The van der Waals surface area contributed by atoms with Gasteiger partial charge in [-0.1, -0.05) is 0 Å². The van der Waals surface area contributed by atoms with Crippen LogP contribution in [-0.2, 0) is 14.8 Å². The average molecular weight is 312 g/mol. The third kappa shape index (κ3) is 4.26. The summed E-state index contributed by atoms with van der Waals surface area (Å²) < 4.78 is 27.8. The molecule has 3 N–H and O–H groups in total. The van der Waals surface area contributed by atoms with Gasteiger partial charge in [-0.15, -0.1) is 0 Å². The molecule has 1 fully saturated rings. The first-order valence-electron chi connectivity index (χ1n) is 6.87. The number of carbonyl (C=O) groups excluding carboxylic acids is 1. The van der Waals surface area contributed by atoms with Crippen LogP contribution in [0.2, 0.25) is 0 Å². The van der Waals surface area contributed by atoms with Crippen molar-refractivity contribution in [1.82, 2.24) is 5.32 Å². The summed E-state index contributed by atoms with van der Waals surface area (Å²) in [7, 11) is -3.74. The normalized spacial score (nSPS) is 18.7. The number of aryl methyl sites for hydroxylation is 1. The summed E-state index contributed by atoms with van der Waals surface area (Å²) in [5.74, 6) is 0.309. The summed E-state index contributed by atoms with van der Waals surface area (Å²) in [6, 6.07) is 4.25. The van der Waals surface area contributed by atoms with Gasteiger partial charge in [0.25, 0.3) is 5.91 Å². The molecule has 7 heteroatoms. The van der Waals surface area contributed by atoms with Crippen LogP contribution in [0.4, 0.5) is 0 Å². The van der Waals surface area contributed by atoms with Crippen molar-refractivity contribution < 1.29 is 17.9 Å². The Morgan fingerprint density at radius 3 is 2.81 bits per heavy atom. The number of sulfonamides is 1. The predicted molar refractivity (Wildman–Crippen MR) is 78.4 cm³/mol. The fraction of sp³-hybridized carbons (Fsp3) is 0.500. The first kappa shape index (κ1) is 15.9. The first-order valence-corrected chi connectivity index (χ1v) is 8.42. The molecule has 1 aromatic carbocycles. The second-order valence-electron chi connectivity index (χ2n) is 5.30. The van der Waals surface area contributed by atoms with Crippen LogP contribution in [-0.4, -0.2) is 34.1 Å². The van der Waals surface area contributed by atoms with Crippen molar-refractivity contribution in [3.8, 4) is 0 Å². The second kappa shape index (κ2) is 6.55. The number of ether oxygens (including phenoxy) is 1. The van der Waals surface area contributed by atoms with Gasteiger partial charge in [0.05, 0.1) is 4.90 Å². The summed E-state index contributed by atoms with van der Waals surface area (Å²) in [5.41, 5.74) is 1.05.